The zero-order valence-corrected chi connectivity index (χ0v) is 12.0. The fraction of sp³-hybridized carbons (Fsp3) is 0.267. The first-order valence-electron chi connectivity index (χ1n) is 6.23. The Morgan fingerprint density at radius 3 is 2.58 bits per heavy atom. The Bertz CT molecular complexity index is 525. The van der Waals surface area contributed by atoms with Crippen molar-refractivity contribution in [2.24, 2.45) is 0 Å². The van der Waals surface area contributed by atoms with Crippen LogP contribution in [-0.2, 0) is 13.1 Å². The smallest absolute Gasteiger partial charge is 0.125 e. The third-order valence-corrected chi connectivity index (χ3v) is 3.11. The molecule has 19 heavy (non-hydrogen) atoms. The molecular weight excluding hydrogens is 258 g/mol. The molecule has 100 valence electrons. The summed E-state index contributed by atoms with van der Waals surface area (Å²) in [6.07, 6.45) is 1.90. The van der Waals surface area contributed by atoms with Gasteiger partial charge in [-0.25, -0.2) is 4.98 Å². The molecular formula is C15H18ClN3. The van der Waals surface area contributed by atoms with Crippen LogP contribution in [0.3, 0.4) is 0 Å². The molecule has 1 aromatic carbocycles. The van der Waals surface area contributed by atoms with E-state index in [-0.39, 0.29) is 0 Å². The molecule has 4 heteroatoms. The van der Waals surface area contributed by atoms with Crippen molar-refractivity contribution >= 4 is 17.4 Å². The molecule has 3 nitrogen and oxygen atoms in total. The van der Waals surface area contributed by atoms with Crippen molar-refractivity contribution in [3.63, 3.8) is 0 Å². The van der Waals surface area contributed by atoms with Crippen molar-refractivity contribution in [3.8, 4) is 0 Å². The predicted octanol–water partition coefficient (Wildman–Crippen LogP) is 3.41. The van der Waals surface area contributed by atoms with Gasteiger partial charge in [0.2, 0.25) is 0 Å². The first-order chi connectivity index (χ1) is 9.17. The monoisotopic (exact) mass is 275 g/mol. The van der Waals surface area contributed by atoms with E-state index in [2.05, 4.69) is 34.4 Å². The summed E-state index contributed by atoms with van der Waals surface area (Å²) in [5, 5.41) is 3.80. The number of nitrogens with zero attached hydrogens (tertiary/aromatic N) is 2. The van der Waals surface area contributed by atoms with Gasteiger partial charge in [0.1, 0.15) is 5.82 Å². The lowest BCUT2D eigenvalue weighted by atomic mass is 10.2. The van der Waals surface area contributed by atoms with Crippen LogP contribution in [0.2, 0.25) is 5.02 Å². The molecule has 1 N–H and O–H groups in total. The summed E-state index contributed by atoms with van der Waals surface area (Å²) in [6, 6.07) is 12.0. The summed E-state index contributed by atoms with van der Waals surface area (Å²) in [6.45, 7) is 1.73. The lowest BCUT2D eigenvalue weighted by Crippen LogP contribution is -2.17. The van der Waals surface area contributed by atoms with Crippen LogP contribution in [0.5, 0.6) is 0 Å². The number of rotatable bonds is 5. The van der Waals surface area contributed by atoms with E-state index in [1.165, 1.54) is 11.1 Å². The molecule has 0 aliphatic rings. The Hall–Kier alpha value is -1.58. The normalized spacial score (nSPS) is 10.7. The van der Waals surface area contributed by atoms with E-state index in [9.17, 15) is 0 Å². The van der Waals surface area contributed by atoms with Gasteiger partial charge >= 0.3 is 0 Å². The van der Waals surface area contributed by atoms with Crippen molar-refractivity contribution in [2.75, 3.05) is 19.4 Å². The highest BCUT2D eigenvalue weighted by Gasteiger charge is 2.03. The zero-order valence-electron chi connectivity index (χ0n) is 11.2. The second-order valence-corrected chi connectivity index (χ2v) is 5.04. The summed E-state index contributed by atoms with van der Waals surface area (Å²) in [5.41, 5.74) is 2.42. The van der Waals surface area contributed by atoms with Crippen LogP contribution < -0.4 is 5.32 Å². The first kappa shape index (κ1) is 13.8. The number of hydrogen-bond acceptors (Lipinski definition) is 3. The van der Waals surface area contributed by atoms with Gasteiger partial charge in [-0.2, -0.15) is 0 Å². The topological polar surface area (TPSA) is 28.2 Å². The average molecular weight is 276 g/mol. The number of halogens is 1. The number of aromatic nitrogens is 1. The molecule has 0 unspecified atom stereocenters. The van der Waals surface area contributed by atoms with E-state index < -0.39 is 0 Å². The third-order valence-electron chi connectivity index (χ3n) is 2.87. The van der Waals surface area contributed by atoms with Crippen LogP contribution in [0, 0.1) is 0 Å². The van der Waals surface area contributed by atoms with E-state index >= 15 is 0 Å². The molecule has 0 amide bonds. The Morgan fingerprint density at radius 1 is 1.16 bits per heavy atom. The van der Waals surface area contributed by atoms with Gasteiger partial charge in [0.25, 0.3) is 0 Å². The summed E-state index contributed by atoms with van der Waals surface area (Å²) in [7, 11) is 3.96. The largest absolute Gasteiger partial charge is 0.373 e. The molecule has 1 heterocycles. The number of hydrogen-bond donors (Lipinski definition) is 1. The third kappa shape index (κ3) is 4.23. The van der Waals surface area contributed by atoms with Gasteiger partial charge in [-0.05, 0) is 36.4 Å². The van der Waals surface area contributed by atoms with Crippen LogP contribution in [0.1, 0.15) is 11.1 Å². The Labute approximate surface area is 119 Å². The molecule has 0 atom stereocenters. The zero-order chi connectivity index (χ0) is 13.7. The molecule has 0 aliphatic heterocycles. The predicted molar refractivity (Wildman–Crippen MR) is 80.4 cm³/mol. The molecule has 0 aliphatic carbocycles. The lowest BCUT2D eigenvalue weighted by Gasteiger charge is -2.17. The standard InChI is InChI=1S/C15H18ClN3/c1-17-15-7-6-13(9-18-15)11-19(2)10-12-4-3-5-14(16)8-12/h3-9H,10-11H2,1-2H3,(H,17,18). The first-order valence-corrected chi connectivity index (χ1v) is 6.61. The van der Waals surface area contributed by atoms with Gasteiger partial charge < -0.3 is 5.32 Å². The van der Waals surface area contributed by atoms with Gasteiger partial charge in [-0.3, -0.25) is 4.90 Å². The van der Waals surface area contributed by atoms with E-state index in [4.69, 9.17) is 11.6 Å². The van der Waals surface area contributed by atoms with E-state index in [0.717, 1.165) is 23.9 Å². The van der Waals surface area contributed by atoms with Crippen LogP contribution >= 0.6 is 11.6 Å². The van der Waals surface area contributed by atoms with Gasteiger partial charge in [0, 0.05) is 31.4 Å². The minimum Gasteiger partial charge on any atom is -0.373 e. The highest BCUT2D eigenvalue weighted by Crippen LogP contribution is 2.13. The Kier molecular flexibility index (Phi) is 4.77. The summed E-state index contributed by atoms with van der Waals surface area (Å²) < 4.78 is 0. The van der Waals surface area contributed by atoms with E-state index in [1.807, 2.05) is 37.5 Å². The summed E-state index contributed by atoms with van der Waals surface area (Å²) >= 11 is 5.99. The summed E-state index contributed by atoms with van der Waals surface area (Å²) in [5.74, 6) is 0.890. The van der Waals surface area contributed by atoms with Crippen molar-refractivity contribution in [1.82, 2.24) is 9.88 Å². The highest BCUT2D eigenvalue weighted by atomic mass is 35.5. The van der Waals surface area contributed by atoms with E-state index in [1.54, 1.807) is 0 Å². The second kappa shape index (κ2) is 6.55. The molecule has 0 spiro atoms. The fourth-order valence-corrected chi connectivity index (χ4v) is 2.19. The number of anilines is 1. The molecule has 1 aromatic heterocycles. The molecule has 0 saturated heterocycles. The Morgan fingerprint density at radius 2 is 1.95 bits per heavy atom. The number of benzene rings is 1. The van der Waals surface area contributed by atoms with Crippen molar-refractivity contribution in [3.05, 3.63) is 58.7 Å². The average Bonchev–Trinajstić information content (AvgIpc) is 2.39. The quantitative estimate of drug-likeness (QED) is 0.906. The fourth-order valence-electron chi connectivity index (χ4n) is 1.98. The maximum atomic E-state index is 5.99. The van der Waals surface area contributed by atoms with Crippen molar-refractivity contribution in [1.29, 1.82) is 0 Å². The molecule has 0 fully saturated rings. The van der Waals surface area contributed by atoms with Gasteiger partial charge in [-0.1, -0.05) is 29.8 Å². The lowest BCUT2D eigenvalue weighted by molar-refractivity contribution is 0.319. The van der Waals surface area contributed by atoms with Gasteiger partial charge in [0.05, 0.1) is 0 Å². The van der Waals surface area contributed by atoms with Crippen molar-refractivity contribution < 1.29 is 0 Å². The molecule has 0 radical (unpaired) electrons. The maximum Gasteiger partial charge on any atom is 0.125 e. The number of pyridine rings is 1. The SMILES string of the molecule is CNc1ccc(CN(C)Cc2cccc(Cl)c2)cn1. The van der Waals surface area contributed by atoms with Crippen LogP contribution in [0.25, 0.3) is 0 Å². The second-order valence-electron chi connectivity index (χ2n) is 4.60. The van der Waals surface area contributed by atoms with Gasteiger partial charge in [-0.15, -0.1) is 0 Å². The van der Waals surface area contributed by atoms with Crippen LogP contribution in [0.4, 0.5) is 5.82 Å². The molecule has 2 rings (SSSR count). The maximum absolute atomic E-state index is 5.99. The Balaban J connectivity index is 1.95. The highest BCUT2D eigenvalue weighted by molar-refractivity contribution is 6.30. The van der Waals surface area contributed by atoms with Crippen LogP contribution in [0.15, 0.2) is 42.6 Å². The number of nitrogens with one attached hydrogen (secondary N) is 1. The minimum absolute atomic E-state index is 0.783. The minimum atomic E-state index is 0.783. The molecule has 0 saturated carbocycles. The molecule has 0 bridgehead atoms. The molecule has 2 aromatic rings. The summed E-state index contributed by atoms with van der Waals surface area (Å²) in [4.78, 5) is 6.55. The van der Waals surface area contributed by atoms with Crippen LogP contribution in [-0.4, -0.2) is 24.0 Å². The van der Waals surface area contributed by atoms with E-state index in [0.29, 0.717) is 0 Å². The van der Waals surface area contributed by atoms with Crippen molar-refractivity contribution in [2.45, 2.75) is 13.1 Å². The van der Waals surface area contributed by atoms with Gasteiger partial charge in [0.15, 0.2) is 0 Å².